The minimum absolute atomic E-state index is 0.177. The molecule has 125 valence electrons. The van der Waals surface area contributed by atoms with Crippen molar-refractivity contribution in [2.24, 2.45) is 0 Å². The first-order valence-corrected chi connectivity index (χ1v) is 9.47. The van der Waals surface area contributed by atoms with Crippen LogP contribution in [0.2, 0.25) is 0 Å². The highest BCUT2D eigenvalue weighted by atomic mass is 14.5. The first-order valence-electron chi connectivity index (χ1n) is 9.47. The van der Waals surface area contributed by atoms with E-state index in [4.69, 9.17) is 0 Å². The van der Waals surface area contributed by atoms with E-state index < -0.39 is 0 Å². The van der Waals surface area contributed by atoms with Crippen molar-refractivity contribution in [2.45, 2.75) is 43.4 Å². The van der Waals surface area contributed by atoms with E-state index in [1.165, 1.54) is 48.8 Å². The van der Waals surface area contributed by atoms with Gasteiger partial charge in [-0.05, 0) is 35.6 Å². The number of benzene rings is 3. The van der Waals surface area contributed by atoms with Crippen molar-refractivity contribution in [1.82, 2.24) is 0 Å². The zero-order chi connectivity index (χ0) is 17.0. The van der Waals surface area contributed by atoms with Crippen LogP contribution in [0.5, 0.6) is 0 Å². The van der Waals surface area contributed by atoms with Crippen molar-refractivity contribution in [1.29, 1.82) is 0 Å². The summed E-state index contributed by atoms with van der Waals surface area (Å²) in [5, 5.41) is 0. The van der Waals surface area contributed by atoms with E-state index in [1.807, 2.05) is 0 Å². The Morgan fingerprint density at radius 1 is 0.640 bits per heavy atom. The summed E-state index contributed by atoms with van der Waals surface area (Å²) in [4.78, 5) is 0. The Kier molecular flexibility index (Phi) is 4.70. The maximum atomic E-state index is 3.21. The molecule has 4 rings (SSSR count). The van der Waals surface area contributed by atoms with Crippen LogP contribution in [0.3, 0.4) is 0 Å². The molecule has 0 nitrogen and oxygen atoms in total. The SMILES string of the molecule is [c]1ccc(C2(C(c3ccccc3)c3ccccc3)CCCCC2)cc1. The van der Waals surface area contributed by atoms with Crippen molar-refractivity contribution in [2.75, 3.05) is 0 Å². The van der Waals surface area contributed by atoms with E-state index in [0.29, 0.717) is 5.92 Å². The van der Waals surface area contributed by atoms with Crippen molar-refractivity contribution < 1.29 is 0 Å². The van der Waals surface area contributed by atoms with Gasteiger partial charge in [-0.1, -0.05) is 104 Å². The van der Waals surface area contributed by atoms with Gasteiger partial charge in [0.25, 0.3) is 0 Å². The second kappa shape index (κ2) is 7.27. The van der Waals surface area contributed by atoms with Crippen LogP contribution >= 0.6 is 0 Å². The van der Waals surface area contributed by atoms with Crippen LogP contribution in [-0.2, 0) is 5.41 Å². The van der Waals surface area contributed by atoms with Gasteiger partial charge >= 0.3 is 0 Å². The summed E-state index contributed by atoms with van der Waals surface area (Å²) in [6, 6.07) is 34.2. The summed E-state index contributed by atoms with van der Waals surface area (Å²) in [5.41, 5.74) is 4.52. The Hall–Kier alpha value is -2.34. The minimum Gasteiger partial charge on any atom is -0.0622 e. The highest BCUT2D eigenvalue weighted by Gasteiger charge is 2.42. The highest BCUT2D eigenvalue weighted by Crippen LogP contribution is 2.52. The Labute approximate surface area is 151 Å². The van der Waals surface area contributed by atoms with Crippen LogP contribution in [0, 0.1) is 6.07 Å². The molecule has 1 radical (unpaired) electrons. The van der Waals surface area contributed by atoms with E-state index in [2.05, 4.69) is 91.0 Å². The van der Waals surface area contributed by atoms with Crippen LogP contribution in [0.1, 0.15) is 54.7 Å². The second-order valence-corrected chi connectivity index (χ2v) is 7.26. The molecule has 0 N–H and O–H groups in total. The molecule has 3 aromatic rings. The molecule has 1 fully saturated rings. The van der Waals surface area contributed by atoms with Gasteiger partial charge in [0.15, 0.2) is 0 Å². The largest absolute Gasteiger partial charge is 0.0622 e. The average molecular weight is 325 g/mol. The van der Waals surface area contributed by atoms with Gasteiger partial charge in [-0.3, -0.25) is 0 Å². The molecule has 0 heteroatoms. The fourth-order valence-corrected chi connectivity index (χ4v) is 4.77. The number of rotatable bonds is 4. The molecule has 1 aliphatic carbocycles. The molecule has 0 bridgehead atoms. The summed E-state index contributed by atoms with van der Waals surface area (Å²) >= 11 is 0. The predicted octanol–water partition coefficient (Wildman–Crippen LogP) is 6.52. The predicted molar refractivity (Wildman–Crippen MR) is 105 cm³/mol. The zero-order valence-electron chi connectivity index (χ0n) is 14.7. The number of hydrogen-bond donors (Lipinski definition) is 0. The lowest BCUT2D eigenvalue weighted by atomic mass is 9.58. The van der Waals surface area contributed by atoms with E-state index in [9.17, 15) is 0 Å². The zero-order valence-corrected chi connectivity index (χ0v) is 14.7. The monoisotopic (exact) mass is 325 g/mol. The van der Waals surface area contributed by atoms with Crippen LogP contribution < -0.4 is 0 Å². The van der Waals surface area contributed by atoms with Gasteiger partial charge in [0.2, 0.25) is 0 Å². The summed E-state index contributed by atoms with van der Waals surface area (Å²) in [5.74, 6) is 0.401. The number of hydrogen-bond acceptors (Lipinski definition) is 0. The molecule has 3 aromatic carbocycles. The third-order valence-electron chi connectivity index (χ3n) is 5.86. The molecule has 0 saturated heterocycles. The van der Waals surface area contributed by atoms with Gasteiger partial charge < -0.3 is 0 Å². The molecule has 0 spiro atoms. The van der Waals surface area contributed by atoms with E-state index in [1.54, 1.807) is 0 Å². The smallest absolute Gasteiger partial charge is 0.0186 e. The summed E-state index contributed by atoms with van der Waals surface area (Å²) in [6.45, 7) is 0. The molecule has 25 heavy (non-hydrogen) atoms. The molecule has 0 atom stereocenters. The first-order chi connectivity index (χ1) is 12.4. The lowest BCUT2D eigenvalue weighted by Gasteiger charge is -2.45. The lowest BCUT2D eigenvalue weighted by Crippen LogP contribution is -2.36. The summed E-state index contributed by atoms with van der Waals surface area (Å²) < 4.78 is 0. The maximum Gasteiger partial charge on any atom is 0.0186 e. The van der Waals surface area contributed by atoms with Crippen LogP contribution in [0.25, 0.3) is 0 Å². The van der Waals surface area contributed by atoms with Crippen molar-refractivity contribution in [3.63, 3.8) is 0 Å². The Balaban J connectivity index is 1.91. The van der Waals surface area contributed by atoms with Gasteiger partial charge in [-0.25, -0.2) is 0 Å². The Bertz CT molecular complexity index is 729. The van der Waals surface area contributed by atoms with Crippen LogP contribution in [0.15, 0.2) is 84.9 Å². The van der Waals surface area contributed by atoms with E-state index >= 15 is 0 Å². The minimum atomic E-state index is 0.177. The van der Waals surface area contributed by atoms with E-state index in [0.717, 1.165) is 0 Å². The lowest BCUT2D eigenvalue weighted by molar-refractivity contribution is 0.262. The summed E-state index contributed by atoms with van der Waals surface area (Å²) in [7, 11) is 0. The summed E-state index contributed by atoms with van der Waals surface area (Å²) in [6.07, 6.45) is 6.50. The highest BCUT2D eigenvalue weighted by molar-refractivity contribution is 5.42. The molecule has 1 saturated carbocycles. The molecule has 0 unspecified atom stereocenters. The Morgan fingerprint density at radius 2 is 1.16 bits per heavy atom. The average Bonchev–Trinajstić information content (AvgIpc) is 2.71. The standard InChI is InChI=1S/C25H25/c1-5-13-21(14-6-1)24(22-15-7-2-8-16-22)25(19-11-4-12-20-25)23-17-9-3-10-18-23/h1-2,5-10,13-18,24H,4,11-12,19-20H2. The van der Waals surface area contributed by atoms with Gasteiger partial charge in [-0.2, -0.15) is 0 Å². The normalized spacial score (nSPS) is 16.7. The van der Waals surface area contributed by atoms with E-state index in [-0.39, 0.29) is 5.41 Å². The quantitative estimate of drug-likeness (QED) is 0.512. The van der Waals surface area contributed by atoms with Crippen molar-refractivity contribution in [3.8, 4) is 0 Å². The maximum absolute atomic E-state index is 3.21. The van der Waals surface area contributed by atoms with Gasteiger partial charge in [0.05, 0.1) is 0 Å². The molecular formula is C25H25. The first kappa shape index (κ1) is 16.1. The molecule has 0 amide bonds. The van der Waals surface area contributed by atoms with Gasteiger partial charge in [0, 0.05) is 11.3 Å². The van der Waals surface area contributed by atoms with Crippen LogP contribution in [0.4, 0.5) is 0 Å². The molecule has 0 aliphatic heterocycles. The second-order valence-electron chi connectivity index (χ2n) is 7.26. The fourth-order valence-electron chi connectivity index (χ4n) is 4.77. The van der Waals surface area contributed by atoms with Gasteiger partial charge in [-0.15, -0.1) is 0 Å². The molecular weight excluding hydrogens is 300 g/mol. The third-order valence-corrected chi connectivity index (χ3v) is 5.86. The topological polar surface area (TPSA) is 0 Å². The van der Waals surface area contributed by atoms with Crippen LogP contribution in [-0.4, -0.2) is 0 Å². The van der Waals surface area contributed by atoms with Crippen molar-refractivity contribution >= 4 is 0 Å². The fraction of sp³-hybridized carbons (Fsp3) is 0.280. The van der Waals surface area contributed by atoms with Crippen molar-refractivity contribution in [3.05, 3.63) is 108 Å². The Morgan fingerprint density at radius 3 is 1.68 bits per heavy atom. The molecule has 0 heterocycles. The third kappa shape index (κ3) is 3.14. The molecule has 0 aromatic heterocycles. The van der Waals surface area contributed by atoms with Gasteiger partial charge in [0.1, 0.15) is 0 Å². The molecule has 1 aliphatic rings.